The minimum Gasteiger partial charge on any atom is -0.349 e. The van der Waals surface area contributed by atoms with E-state index in [2.05, 4.69) is 20.5 Å². The monoisotopic (exact) mass is 351 g/mol. The van der Waals surface area contributed by atoms with E-state index in [0.717, 1.165) is 21.8 Å². The van der Waals surface area contributed by atoms with Gasteiger partial charge in [0.15, 0.2) is 5.16 Å². The Morgan fingerprint density at radius 3 is 2.80 bits per heavy atom. The molecule has 0 saturated carbocycles. The highest BCUT2D eigenvalue weighted by Gasteiger charge is 2.14. The maximum absolute atomic E-state index is 12.3. The molecule has 1 amide bonds. The number of carbonyl (C=O) groups excluding carboxylic acids is 1. The van der Waals surface area contributed by atoms with Gasteiger partial charge in [-0.3, -0.25) is 9.20 Å². The molecule has 0 spiro atoms. The van der Waals surface area contributed by atoms with Crippen molar-refractivity contribution in [3.05, 3.63) is 60.2 Å². The Balaban J connectivity index is 1.46. The smallest absolute Gasteiger partial charge is 0.231 e. The summed E-state index contributed by atoms with van der Waals surface area (Å²) in [4.78, 5) is 16.7. The third kappa shape index (κ3) is 3.10. The van der Waals surface area contributed by atoms with E-state index < -0.39 is 0 Å². The van der Waals surface area contributed by atoms with Gasteiger partial charge in [0, 0.05) is 0 Å². The van der Waals surface area contributed by atoms with Crippen LogP contribution in [0.4, 0.5) is 0 Å². The summed E-state index contributed by atoms with van der Waals surface area (Å²) in [7, 11) is 0. The molecule has 0 saturated heterocycles. The van der Waals surface area contributed by atoms with E-state index in [1.54, 1.807) is 0 Å². The molecule has 6 nitrogen and oxygen atoms in total. The minimum absolute atomic E-state index is 0.0254. The zero-order chi connectivity index (χ0) is 17.2. The lowest BCUT2D eigenvalue weighted by Gasteiger charge is -2.13. The summed E-state index contributed by atoms with van der Waals surface area (Å²) in [6, 6.07) is 17.8. The van der Waals surface area contributed by atoms with Crippen LogP contribution in [0.15, 0.2) is 59.8 Å². The van der Waals surface area contributed by atoms with Crippen LogP contribution in [0.25, 0.3) is 16.8 Å². The van der Waals surface area contributed by atoms with Crippen molar-refractivity contribution in [1.82, 2.24) is 24.9 Å². The van der Waals surface area contributed by atoms with Gasteiger partial charge in [0.25, 0.3) is 0 Å². The van der Waals surface area contributed by atoms with Crippen molar-refractivity contribution in [2.45, 2.75) is 18.1 Å². The lowest BCUT2D eigenvalue weighted by atomic mass is 10.1. The van der Waals surface area contributed by atoms with E-state index >= 15 is 0 Å². The van der Waals surface area contributed by atoms with Crippen molar-refractivity contribution in [1.29, 1.82) is 0 Å². The SMILES string of the molecule is C[C@H](NC(=O)CSc1n[nH]c2nc3ccccc3n12)c1ccccc1. The van der Waals surface area contributed by atoms with E-state index in [1.807, 2.05) is 65.9 Å². The highest BCUT2D eigenvalue weighted by Crippen LogP contribution is 2.23. The van der Waals surface area contributed by atoms with Gasteiger partial charge < -0.3 is 5.32 Å². The fourth-order valence-corrected chi connectivity index (χ4v) is 3.55. The van der Waals surface area contributed by atoms with E-state index in [0.29, 0.717) is 11.5 Å². The number of amides is 1. The normalized spacial score (nSPS) is 12.5. The maximum atomic E-state index is 12.3. The third-order valence-corrected chi connectivity index (χ3v) is 4.95. The molecule has 2 aromatic carbocycles. The lowest BCUT2D eigenvalue weighted by Crippen LogP contribution is -2.28. The van der Waals surface area contributed by atoms with Crippen molar-refractivity contribution in [2.75, 3.05) is 5.75 Å². The van der Waals surface area contributed by atoms with Gasteiger partial charge in [-0.05, 0) is 24.6 Å². The quantitative estimate of drug-likeness (QED) is 0.542. The Bertz CT molecular complexity index is 1020. The number of H-pyrrole nitrogens is 1. The second kappa shape index (κ2) is 6.60. The average molecular weight is 351 g/mol. The lowest BCUT2D eigenvalue weighted by molar-refractivity contribution is -0.119. The van der Waals surface area contributed by atoms with Crippen LogP contribution < -0.4 is 5.32 Å². The summed E-state index contributed by atoms with van der Waals surface area (Å²) in [6.45, 7) is 1.98. The molecule has 0 bridgehead atoms. The second-order valence-corrected chi connectivity index (χ2v) is 6.70. The van der Waals surface area contributed by atoms with E-state index in [-0.39, 0.29) is 11.9 Å². The summed E-state index contributed by atoms with van der Waals surface area (Å²) >= 11 is 1.39. The Morgan fingerprint density at radius 2 is 1.96 bits per heavy atom. The molecule has 7 heteroatoms. The Kier molecular flexibility index (Phi) is 4.15. The predicted octanol–water partition coefficient (Wildman–Crippen LogP) is 3.18. The van der Waals surface area contributed by atoms with Crippen LogP contribution in [0.1, 0.15) is 18.5 Å². The molecule has 0 aliphatic heterocycles. The fraction of sp³-hybridized carbons (Fsp3) is 0.167. The number of rotatable bonds is 5. The van der Waals surface area contributed by atoms with Gasteiger partial charge in [-0.2, -0.15) is 0 Å². The second-order valence-electron chi connectivity index (χ2n) is 5.75. The maximum Gasteiger partial charge on any atom is 0.231 e. The fourth-order valence-electron chi connectivity index (χ4n) is 2.78. The average Bonchev–Trinajstić information content (AvgIpc) is 3.20. The van der Waals surface area contributed by atoms with Gasteiger partial charge in [0.1, 0.15) is 0 Å². The van der Waals surface area contributed by atoms with Gasteiger partial charge in [-0.25, -0.2) is 10.1 Å². The largest absolute Gasteiger partial charge is 0.349 e. The predicted molar refractivity (Wildman–Crippen MR) is 98.6 cm³/mol. The molecule has 2 aromatic heterocycles. The molecule has 1 atom stereocenters. The molecule has 0 radical (unpaired) electrons. The number of hydrogen-bond donors (Lipinski definition) is 2. The topological polar surface area (TPSA) is 75.1 Å². The zero-order valence-electron chi connectivity index (χ0n) is 13.6. The van der Waals surface area contributed by atoms with Gasteiger partial charge in [0.05, 0.1) is 22.8 Å². The molecule has 4 aromatic rings. The molecule has 126 valence electrons. The molecular formula is C18H17N5OS. The van der Waals surface area contributed by atoms with Gasteiger partial charge >= 0.3 is 0 Å². The first-order valence-electron chi connectivity index (χ1n) is 8.01. The summed E-state index contributed by atoms with van der Waals surface area (Å²) in [5, 5.41) is 10.9. The number of aromatic amines is 1. The Hall–Kier alpha value is -2.80. The highest BCUT2D eigenvalue weighted by atomic mass is 32.2. The summed E-state index contributed by atoms with van der Waals surface area (Å²) < 4.78 is 1.94. The first kappa shape index (κ1) is 15.7. The van der Waals surface area contributed by atoms with E-state index in [9.17, 15) is 4.79 Å². The van der Waals surface area contributed by atoms with Crippen molar-refractivity contribution >= 4 is 34.5 Å². The standard InChI is InChI=1S/C18H17N5OS/c1-12(13-7-3-2-4-8-13)19-16(24)11-25-18-22-21-17-20-14-9-5-6-10-15(14)23(17)18/h2-10,12H,11H2,1H3,(H,19,24)(H,20,21)/t12-/m0/s1. The summed E-state index contributed by atoms with van der Waals surface area (Å²) in [5.74, 6) is 0.951. The van der Waals surface area contributed by atoms with Crippen LogP contribution in [-0.4, -0.2) is 31.2 Å². The van der Waals surface area contributed by atoms with Crippen LogP contribution in [0.3, 0.4) is 0 Å². The van der Waals surface area contributed by atoms with Crippen LogP contribution in [0.2, 0.25) is 0 Å². The third-order valence-electron chi connectivity index (χ3n) is 4.01. The highest BCUT2D eigenvalue weighted by molar-refractivity contribution is 7.99. The van der Waals surface area contributed by atoms with Crippen LogP contribution in [0.5, 0.6) is 0 Å². The number of imidazole rings is 1. The molecule has 25 heavy (non-hydrogen) atoms. The van der Waals surface area contributed by atoms with Crippen LogP contribution >= 0.6 is 11.8 Å². The summed E-state index contributed by atoms with van der Waals surface area (Å²) in [6.07, 6.45) is 0. The molecule has 0 aliphatic rings. The van der Waals surface area contributed by atoms with E-state index in [4.69, 9.17) is 0 Å². The number of hydrogen-bond acceptors (Lipinski definition) is 4. The first-order valence-corrected chi connectivity index (χ1v) is 8.99. The number of benzene rings is 2. The molecular weight excluding hydrogens is 334 g/mol. The van der Waals surface area contributed by atoms with Crippen LogP contribution in [0, 0.1) is 0 Å². The number of fused-ring (bicyclic) bond motifs is 3. The summed E-state index contributed by atoms with van der Waals surface area (Å²) in [5.41, 5.74) is 2.97. The Morgan fingerprint density at radius 1 is 1.20 bits per heavy atom. The van der Waals surface area contributed by atoms with Gasteiger partial charge in [-0.15, -0.1) is 5.10 Å². The Labute approximate surface area is 148 Å². The number of aromatic nitrogens is 4. The molecule has 0 aliphatic carbocycles. The van der Waals surface area contributed by atoms with Crippen LogP contribution in [-0.2, 0) is 4.79 Å². The van der Waals surface area contributed by atoms with Crippen molar-refractivity contribution in [3.63, 3.8) is 0 Å². The number of nitrogens with one attached hydrogen (secondary N) is 2. The molecule has 2 N–H and O–H groups in total. The number of nitrogens with zero attached hydrogens (tertiary/aromatic N) is 3. The van der Waals surface area contributed by atoms with Crippen molar-refractivity contribution < 1.29 is 4.79 Å². The molecule has 2 heterocycles. The first-order chi connectivity index (χ1) is 12.2. The number of para-hydroxylation sites is 2. The van der Waals surface area contributed by atoms with Gasteiger partial charge in [-0.1, -0.05) is 54.2 Å². The van der Waals surface area contributed by atoms with Gasteiger partial charge in [0.2, 0.25) is 11.7 Å². The molecule has 0 fully saturated rings. The number of thioether (sulfide) groups is 1. The zero-order valence-corrected chi connectivity index (χ0v) is 14.5. The van der Waals surface area contributed by atoms with E-state index in [1.165, 1.54) is 11.8 Å². The number of carbonyl (C=O) groups is 1. The van der Waals surface area contributed by atoms with Crippen molar-refractivity contribution in [2.24, 2.45) is 0 Å². The minimum atomic E-state index is -0.0260. The molecule has 4 rings (SSSR count). The van der Waals surface area contributed by atoms with Crippen molar-refractivity contribution in [3.8, 4) is 0 Å². The molecule has 0 unspecified atom stereocenters.